The fourth-order valence-electron chi connectivity index (χ4n) is 1.56. The van der Waals surface area contributed by atoms with Crippen LogP contribution in [0.5, 0.6) is 0 Å². The topological polar surface area (TPSA) is 75.3 Å². The van der Waals surface area contributed by atoms with Crippen LogP contribution in [-0.2, 0) is 14.8 Å². The molecule has 5 nitrogen and oxygen atoms in total. The summed E-state index contributed by atoms with van der Waals surface area (Å²) in [4.78, 5) is 11.8. The van der Waals surface area contributed by atoms with Crippen LogP contribution in [0.25, 0.3) is 6.08 Å². The summed E-state index contributed by atoms with van der Waals surface area (Å²) in [6, 6.07) is 5.83. The molecule has 21 heavy (non-hydrogen) atoms. The van der Waals surface area contributed by atoms with Gasteiger partial charge in [-0.1, -0.05) is 12.1 Å². The molecule has 116 valence electrons. The van der Waals surface area contributed by atoms with Crippen molar-refractivity contribution in [2.45, 2.75) is 13.3 Å². The van der Waals surface area contributed by atoms with Crippen LogP contribution in [0, 0.1) is 5.82 Å². The SMILES string of the molecule is CC(=Cc1ccc(F)cc1)C(=O)NCCCNS(C)(=O)=O. The third-order valence-electron chi connectivity index (χ3n) is 2.61. The van der Waals surface area contributed by atoms with E-state index in [1.54, 1.807) is 25.1 Å². The van der Waals surface area contributed by atoms with Crippen LogP contribution in [0.3, 0.4) is 0 Å². The summed E-state index contributed by atoms with van der Waals surface area (Å²) in [5.41, 5.74) is 1.24. The number of sulfonamides is 1. The minimum atomic E-state index is -3.19. The van der Waals surface area contributed by atoms with Crippen molar-refractivity contribution >= 4 is 22.0 Å². The number of nitrogens with one attached hydrogen (secondary N) is 2. The summed E-state index contributed by atoms with van der Waals surface area (Å²) >= 11 is 0. The van der Waals surface area contributed by atoms with E-state index in [9.17, 15) is 17.6 Å². The Kier molecular flexibility index (Phi) is 6.51. The average molecular weight is 314 g/mol. The zero-order chi connectivity index (χ0) is 15.9. The zero-order valence-corrected chi connectivity index (χ0v) is 12.8. The highest BCUT2D eigenvalue weighted by atomic mass is 32.2. The van der Waals surface area contributed by atoms with Crippen LogP contribution >= 0.6 is 0 Å². The Morgan fingerprint density at radius 3 is 2.43 bits per heavy atom. The van der Waals surface area contributed by atoms with Crippen LogP contribution in [-0.4, -0.2) is 33.7 Å². The van der Waals surface area contributed by atoms with Gasteiger partial charge in [0.25, 0.3) is 0 Å². The van der Waals surface area contributed by atoms with Gasteiger partial charge in [0.15, 0.2) is 0 Å². The lowest BCUT2D eigenvalue weighted by Crippen LogP contribution is -2.29. The lowest BCUT2D eigenvalue weighted by molar-refractivity contribution is -0.117. The van der Waals surface area contributed by atoms with Gasteiger partial charge in [-0.25, -0.2) is 17.5 Å². The monoisotopic (exact) mass is 314 g/mol. The van der Waals surface area contributed by atoms with Crippen LogP contribution in [0.1, 0.15) is 18.9 Å². The van der Waals surface area contributed by atoms with E-state index in [-0.39, 0.29) is 18.3 Å². The molecule has 0 saturated heterocycles. The lowest BCUT2D eigenvalue weighted by atomic mass is 10.1. The molecule has 0 unspecified atom stereocenters. The Hall–Kier alpha value is -1.73. The molecular formula is C14H19FN2O3S. The third-order valence-corrected chi connectivity index (χ3v) is 3.34. The summed E-state index contributed by atoms with van der Waals surface area (Å²) < 4.78 is 36.8. The predicted molar refractivity (Wildman–Crippen MR) is 80.5 cm³/mol. The number of carbonyl (C=O) groups excluding carboxylic acids is 1. The van der Waals surface area contributed by atoms with Crippen molar-refractivity contribution in [2.24, 2.45) is 0 Å². The van der Waals surface area contributed by atoms with E-state index in [0.717, 1.165) is 11.8 Å². The largest absolute Gasteiger partial charge is 0.352 e. The molecule has 0 fully saturated rings. The minimum Gasteiger partial charge on any atom is -0.352 e. The zero-order valence-electron chi connectivity index (χ0n) is 12.0. The summed E-state index contributed by atoms with van der Waals surface area (Å²) in [7, 11) is -3.19. The first-order chi connectivity index (χ1) is 9.78. The van der Waals surface area contributed by atoms with Gasteiger partial charge in [-0.3, -0.25) is 4.79 Å². The lowest BCUT2D eigenvalue weighted by Gasteiger charge is -2.06. The van der Waals surface area contributed by atoms with Gasteiger partial charge in [-0.15, -0.1) is 0 Å². The molecule has 7 heteroatoms. The van der Waals surface area contributed by atoms with Gasteiger partial charge in [-0.2, -0.15) is 0 Å². The molecule has 0 aliphatic rings. The van der Waals surface area contributed by atoms with Gasteiger partial charge in [0.2, 0.25) is 15.9 Å². The highest BCUT2D eigenvalue weighted by molar-refractivity contribution is 7.88. The Labute approximate surface area is 124 Å². The van der Waals surface area contributed by atoms with Crippen molar-refractivity contribution in [2.75, 3.05) is 19.3 Å². The van der Waals surface area contributed by atoms with E-state index in [1.807, 2.05) is 0 Å². The van der Waals surface area contributed by atoms with Crippen molar-refractivity contribution in [3.05, 3.63) is 41.2 Å². The maximum absolute atomic E-state index is 12.8. The number of hydrogen-bond acceptors (Lipinski definition) is 3. The minimum absolute atomic E-state index is 0.237. The molecule has 0 aliphatic heterocycles. The molecule has 1 rings (SSSR count). The van der Waals surface area contributed by atoms with Crippen LogP contribution < -0.4 is 10.0 Å². The first kappa shape index (κ1) is 17.3. The molecule has 0 aliphatic carbocycles. The molecule has 0 saturated carbocycles. The van der Waals surface area contributed by atoms with Crippen LogP contribution in [0.4, 0.5) is 4.39 Å². The Balaban J connectivity index is 2.39. The van der Waals surface area contributed by atoms with Crippen LogP contribution in [0.15, 0.2) is 29.8 Å². The molecule has 1 amide bonds. The molecule has 0 spiro atoms. The number of benzene rings is 1. The fourth-order valence-corrected chi connectivity index (χ4v) is 2.08. The molecular weight excluding hydrogens is 295 g/mol. The fraction of sp³-hybridized carbons (Fsp3) is 0.357. The average Bonchev–Trinajstić information content (AvgIpc) is 2.39. The van der Waals surface area contributed by atoms with E-state index in [1.165, 1.54) is 12.1 Å². The number of halogens is 1. The second kappa shape index (κ2) is 7.90. The van der Waals surface area contributed by atoms with E-state index >= 15 is 0 Å². The molecule has 0 atom stereocenters. The maximum Gasteiger partial charge on any atom is 0.246 e. The smallest absolute Gasteiger partial charge is 0.246 e. The molecule has 0 bridgehead atoms. The molecule has 0 aromatic heterocycles. The van der Waals surface area contributed by atoms with E-state index in [2.05, 4.69) is 10.0 Å². The Morgan fingerprint density at radius 1 is 1.24 bits per heavy atom. The summed E-state index contributed by atoms with van der Waals surface area (Å²) in [6.45, 7) is 2.31. The summed E-state index contributed by atoms with van der Waals surface area (Å²) in [5.74, 6) is -0.564. The van der Waals surface area contributed by atoms with Crippen molar-refractivity contribution in [1.29, 1.82) is 0 Å². The Bertz CT molecular complexity index is 610. The Morgan fingerprint density at radius 2 is 1.86 bits per heavy atom. The van der Waals surface area contributed by atoms with Gasteiger partial charge in [0.05, 0.1) is 6.26 Å². The van der Waals surface area contributed by atoms with Crippen LogP contribution in [0.2, 0.25) is 0 Å². The normalized spacial score (nSPS) is 12.2. The van der Waals surface area contributed by atoms with Gasteiger partial charge in [0, 0.05) is 18.7 Å². The van der Waals surface area contributed by atoms with Crippen molar-refractivity contribution in [3.8, 4) is 0 Å². The number of amides is 1. The van der Waals surface area contributed by atoms with Crippen molar-refractivity contribution < 1.29 is 17.6 Å². The summed E-state index contributed by atoms with van der Waals surface area (Å²) in [6.07, 6.45) is 3.24. The third kappa shape index (κ3) is 7.57. The molecule has 1 aromatic carbocycles. The molecule has 0 radical (unpaired) electrons. The highest BCUT2D eigenvalue weighted by Crippen LogP contribution is 2.08. The van der Waals surface area contributed by atoms with Gasteiger partial charge in [0.1, 0.15) is 5.82 Å². The van der Waals surface area contributed by atoms with Gasteiger partial charge < -0.3 is 5.32 Å². The van der Waals surface area contributed by atoms with Gasteiger partial charge in [-0.05, 0) is 37.1 Å². The highest BCUT2D eigenvalue weighted by Gasteiger charge is 2.04. The second-order valence-corrected chi connectivity index (χ2v) is 6.49. The number of carbonyl (C=O) groups is 1. The van der Waals surface area contributed by atoms with E-state index in [4.69, 9.17) is 0 Å². The first-order valence-electron chi connectivity index (χ1n) is 6.44. The quantitative estimate of drug-likeness (QED) is 0.588. The number of rotatable bonds is 7. The maximum atomic E-state index is 12.8. The van der Waals surface area contributed by atoms with Crippen molar-refractivity contribution in [1.82, 2.24) is 10.0 Å². The standard InChI is InChI=1S/C14H19FN2O3S/c1-11(10-12-4-6-13(15)7-5-12)14(18)16-8-3-9-17-21(2,19)20/h4-7,10,17H,3,8-9H2,1-2H3,(H,16,18). The number of hydrogen-bond donors (Lipinski definition) is 2. The molecule has 0 heterocycles. The first-order valence-corrected chi connectivity index (χ1v) is 8.34. The predicted octanol–water partition coefficient (Wildman–Crippen LogP) is 1.28. The van der Waals surface area contributed by atoms with E-state index < -0.39 is 10.0 Å². The second-order valence-electron chi connectivity index (χ2n) is 4.65. The van der Waals surface area contributed by atoms with E-state index in [0.29, 0.717) is 18.5 Å². The van der Waals surface area contributed by atoms with Crippen molar-refractivity contribution in [3.63, 3.8) is 0 Å². The molecule has 1 aromatic rings. The molecule has 2 N–H and O–H groups in total. The summed E-state index contributed by atoms with van der Waals surface area (Å²) in [5, 5.41) is 2.68. The van der Waals surface area contributed by atoms with Gasteiger partial charge >= 0.3 is 0 Å².